The van der Waals surface area contributed by atoms with Crippen LogP contribution in [0.2, 0.25) is 0 Å². The topological polar surface area (TPSA) is 91.8 Å². The average molecular weight is 438 g/mol. The Kier molecular flexibility index (Phi) is 6.71. The third-order valence-electron chi connectivity index (χ3n) is 4.99. The van der Waals surface area contributed by atoms with Gasteiger partial charge in [0.15, 0.2) is 0 Å². The maximum absolute atomic E-state index is 12.3. The molecule has 7 nitrogen and oxygen atoms in total. The molecule has 2 heterocycles. The molecule has 1 aliphatic heterocycles. The number of benzene rings is 2. The van der Waals surface area contributed by atoms with Gasteiger partial charge in [-0.05, 0) is 35.9 Å². The summed E-state index contributed by atoms with van der Waals surface area (Å²) in [6, 6.07) is 14.4. The van der Waals surface area contributed by atoms with E-state index in [0.717, 1.165) is 43.4 Å². The number of carboxylic acids is 1. The summed E-state index contributed by atoms with van der Waals surface area (Å²) >= 11 is 1.52. The lowest BCUT2D eigenvalue weighted by Gasteiger charge is -2.26. The van der Waals surface area contributed by atoms with Crippen LogP contribution in [0.3, 0.4) is 0 Å². The van der Waals surface area contributed by atoms with E-state index in [9.17, 15) is 9.59 Å². The van der Waals surface area contributed by atoms with Crippen LogP contribution in [0.25, 0.3) is 10.6 Å². The van der Waals surface area contributed by atoms with Gasteiger partial charge in [0.2, 0.25) is 5.91 Å². The van der Waals surface area contributed by atoms with Crippen LogP contribution in [-0.4, -0.2) is 53.2 Å². The quantitative estimate of drug-likeness (QED) is 0.588. The van der Waals surface area contributed by atoms with Crippen LogP contribution in [0.4, 0.5) is 5.69 Å². The minimum atomic E-state index is -0.998. The molecular weight excluding hydrogens is 414 g/mol. The number of carbonyl (C=O) groups excluding carboxylic acids is 1. The zero-order valence-electron chi connectivity index (χ0n) is 16.9. The van der Waals surface area contributed by atoms with E-state index in [2.05, 4.69) is 27.3 Å². The van der Waals surface area contributed by atoms with E-state index in [-0.39, 0.29) is 17.9 Å². The Bertz CT molecular complexity index is 1060. The lowest BCUT2D eigenvalue weighted by atomic mass is 10.1. The second-order valence-corrected chi connectivity index (χ2v) is 8.20. The number of amides is 1. The van der Waals surface area contributed by atoms with Gasteiger partial charge in [-0.1, -0.05) is 18.2 Å². The Morgan fingerprint density at radius 2 is 1.90 bits per heavy atom. The van der Waals surface area contributed by atoms with Crippen LogP contribution in [0.1, 0.15) is 21.6 Å². The number of nitrogens with zero attached hydrogens (tertiary/aromatic N) is 2. The molecule has 1 amide bonds. The monoisotopic (exact) mass is 437 g/mol. The molecule has 4 rings (SSSR count). The Morgan fingerprint density at radius 1 is 1.13 bits per heavy atom. The van der Waals surface area contributed by atoms with Gasteiger partial charge in [0.05, 0.1) is 30.9 Å². The molecule has 1 fully saturated rings. The summed E-state index contributed by atoms with van der Waals surface area (Å²) in [5.41, 5.74) is 3.72. The molecular formula is C23H23N3O4S. The number of carboxylic acid groups (broad SMARTS) is 1. The molecule has 0 bridgehead atoms. The van der Waals surface area contributed by atoms with Gasteiger partial charge in [-0.25, -0.2) is 9.78 Å². The second-order valence-electron chi connectivity index (χ2n) is 7.34. The highest BCUT2D eigenvalue weighted by Crippen LogP contribution is 2.25. The molecule has 1 aliphatic rings. The smallest absolute Gasteiger partial charge is 0.335 e. The first-order valence-electron chi connectivity index (χ1n) is 10.0. The number of morpholine rings is 1. The van der Waals surface area contributed by atoms with Crippen molar-refractivity contribution in [3.63, 3.8) is 0 Å². The molecule has 160 valence electrons. The Morgan fingerprint density at radius 3 is 2.65 bits per heavy atom. The fourth-order valence-electron chi connectivity index (χ4n) is 3.41. The van der Waals surface area contributed by atoms with Gasteiger partial charge < -0.3 is 15.2 Å². The highest BCUT2D eigenvalue weighted by Gasteiger charge is 2.13. The SMILES string of the molecule is O=C(Cc1csc(-c2cccc(CN3CCOCC3)c2)n1)Nc1ccc(C(=O)O)cc1. The van der Waals surface area contributed by atoms with Gasteiger partial charge in [0.1, 0.15) is 5.01 Å². The van der Waals surface area contributed by atoms with E-state index < -0.39 is 5.97 Å². The van der Waals surface area contributed by atoms with Crippen LogP contribution >= 0.6 is 11.3 Å². The molecule has 8 heteroatoms. The van der Waals surface area contributed by atoms with Gasteiger partial charge >= 0.3 is 5.97 Å². The summed E-state index contributed by atoms with van der Waals surface area (Å²) in [6.07, 6.45) is 0.157. The second kappa shape index (κ2) is 9.82. The van der Waals surface area contributed by atoms with Gasteiger partial charge in [-0.3, -0.25) is 9.69 Å². The van der Waals surface area contributed by atoms with E-state index in [4.69, 9.17) is 9.84 Å². The fraction of sp³-hybridized carbons (Fsp3) is 0.261. The van der Waals surface area contributed by atoms with E-state index in [1.165, 1.54) is 29.0 Å². The first kappa shape index (κ1) is 21.2. The van der Waals surface area contributed by atoms with E-state index in [1.54, 1.807) is 12.1 Å². The molecule has 0 saturated carbocycles. The van der Waals surface area contributed by atoms with E-state index in [1.807, 2.05) is 17.5 Å². The average Bonchev–Trinajstić information content (AvgIpc) is 3.23. The van der Waals surface area contributed by atoms with Crippen molar-refractivity contribution in [2.24, 2.45) is 0 Å². The Balaban J connectivity index is 1.37. The molecule has 1 saturated heterocycles. The van der Waals surface area contributed by atoms with Crippen LogP contribution in [0.15, 0.2) is 53.9 Å². The third kappa shape index (κ3) is 5.75. The van der Waals surface area contributed by atoms with Crippen molar-refractivity contribution < 1.29 is 19.4 Å². The number of nitrogens with one attached hydrogen (secondary N) is 1. The molecule has 0 unspecified atom stereocenters. The summed E-state index contributed by atoms with van der Waals surface area (Å²) in [4.78, 5) is 30.3. The lowest BCUT2D eigenvalue weighted by molar-refractivity contribution is -0.115. The highest BCUT2D eigenvalue weighted by atomic mass is 32.1. The fourth-order valence-corrected chi connectivity index (χ4v) is 4.22. The van der Waals surface area contributed by atoms with Crippen molar-refractivity contribution in [1.29, 1.82) is 0 Å². The van der Waals surface area contributed by atoms with E-state index >= 15 is 0 Å². The van der Waals surface area contributed by atoms with Crippen molar-refractivity contribution in [2.75, 3.05) is 31.6 Å². The third-order valence-corrected chi connectivity index (χ3v) is 5.93. The number of hydrogen-bond donors (Lipinski definition) is 2. The van der Waals surface area contributed by atoms with Gasteiger partial charge in [0, 0.05) is 36.3 Å². The first-order valence-corrected chi connectivity index (χ1v) is 10.9. The van der Waals surface area contributed by atoms with Gasteiger partial charge in [-0.2, -0.15) is 0 Å². The molecule has 0 radical (unpaired) electrons. The number of ether oxygens (including phenoxy) is 1. The first-order chi connectivity index (χ1) is 15.1. The van der Waals surface area contributed by atoms with Crippen LogP contribution < -0.4 is 5.32 Å². The van der Waals surface area contributed by atoms with Crippen molar-refractivity contribution in [1.82, 2.24) is 9.88 Å². The van der Waals surface area contributed by atoms with Crippen molar-refractivity contribution in [3.05, 3.63) is 70.7 Å². The van der Waals surface area contributed by atoms with Crippen LogP contribution in [0, 0.1) is 0 Å². The summed E-state index contributed by atoms with van der Waals surface area (Å²) in [5.74, 6) is -1.19. The summed E-state index contributed by atoms with van der Waals surface area (Å²) in [7, 11) is 0. The largest absolute Gasteiger partial charge is 0.478 e. The number of rotatable bonds is 7. The van der Waals surface area contributed by atoms with Gasteiger partial charge in [0.25, 0.3) is 0 Å². The maximum atomic E-state index is 12.3. The molecule has 2 N–H and O–H groups in total. The molecule has 31 heavy (non-hydrogen) atoms. The highest BCUT2D eigenvalue weighted by molar-refractivity contribution is 7.13. The maximum Gasteiger partial charge on any atom is 0.335 e. The molecule has 0 aliphatic carbocycles. The number of thiazole rings is 1. The van der Waals surface area contributed by atoms with Crippen molar-refractivity contribution in [3.8, 4) is 10.6 Å². The number of aromatic carboxylic acids is 1. The zero-order valence-corrected chi connectivity index (χ0v) is 17.7. The molecule has 0 atom stereocenters. The minimum Gasteiger partial charge on any atom is -0.478 e. The van der Waals surface area contributed by atoms with Crippen LogP contribution in [-0.2, 0) is 22.5 Å². The molecule has 1 aromatic heterocycles. The number of aromatic nitrogens is 1. The zero-order chi connectivity index (χ0) is 21.6. The standard InChI is InChI=1S/C23H23N3O4S/c27-21(24-19-6-4-17(5-7-19)23(28)29)13-20-15-31-22(25-20)18-3-1-2-16(12-18)14-26-8-10-30-11-9-26/h1-7,12,15H,8-11,13-14H2,(H,24,27)(H,28,29). The summed E-state index contributed by atoms with van der Waals surface area (Å²) in [5, 5.41) is 14.5. The number of hydrogen-bond acceptors (Lipinski definition) is 6. The normalized spacial score (nSPS) is 14.3. The van der Waals surface area contributed by atoms with Crippen LogP contribution in [0.5, 0.6) is 0 Å². The minimum absolute atomic E-state index is 0.157. The van der Waals surface area contributed by atoms with Crippen molar-refractivity contribution >= 4 is 28.9 Å². The molecule has 0 spiro atoms. The molecule has 3 aromatic rings. The number of anilines is 1. The Labute approximate surface area is 184 Å². The predicted octanol–water partition coefficient (Wildman–Crippen LogP) is 3.52. The van der Waals surface area contributed by atoms with E-state index in [0.29, 0.717) is 11.4 Å². The number of carbonyl (C=O) groups is 2. The molecule has 2 aromatic carbocycles. The lowest BCUT2D eigenvalue weighted by Crippen LogP contribution is -2.35. The predicted molar refractivity (Wildman–Crippen MR) is 119 cm³/mol. The summed E-state index contributed by atoms with van der Waals surface area (Å²) in [6.45, 7) is 4.33. The Hall–Kier alpha value is -3.07. The van der Waals surface area contributed by atoms with Gasteiger partial charge in [-0.15, -0.1) is 11.3 Å². The summed E-state index contributed by atoms with van der Waals surface area (Å²) < 4.78 is 5.41. The van der Waals surface area contributed by atoms with Crippen molar-refractivity contribution in [2.45, 2.75) is 13.0 Å².